The first-order chi connectivity index (χ1) is 16.5. The number of hydrogen-bond donors (Lipinski definition) is 1. The van der Waals surface area contributed by atoms with Gasteiger partial charge in [-0.15, -0.1) is 0 Å². The Morgan fingerprint density at radius 1 is 1.23 bits per heavy atom. The summed E-state index contributed by atoms with van der Waals surface area (Å²) in [6, 6.07) is 10.6. The number of ether oxygens (including phenoxy) is 1. The van der Waals surface area contributed by atoms with E-state index in [1.54, 1.807) is 19.2 Å². The number of anilines is 1. The number of nitrogens with zero attached hydrogens (tertiary/aromatic N) is 3. The summed E-state index contributed by atoms with van der Waals surface area (Å²) in [5.41, 5.74) is 1.21. The molecular weight excluding hydrogens is 468 g/mol. The second-order valence-electron chi connectivity index (χ2n) is 9.41. The van der Waals surface area contributed by atoms with Crippen LogP contribution < -0.4 is 14.4 Å². The van der Waals surface area contributed by atoms with Crippen molar-refractivity contribution in [2.24, 2.45) is 10.9 Å². The van der Waals surface area contributed by atoms with Crippen LogP contribution in [0.4, 0.5) is 5.82 Å². The van der Waals surface area contributed by atoms with Gasteiger partial charge in [0.05, 0.1) is 18.4 Å². The van der Waals surface area contributed by atoms with Gasteiger partial charge in [-0.2, -0.15) is 8.42 Å². The van der Waals surface area contributed by atoms with Crippen LogP contribution >= 0.6 is 0 Å². The Morgan fingerprint density at radius 3 is 2.66 bits per heavy atom. The number of allylic oxidation sites excluding steroid dienone is 1. The minimum absolute atomic E-state index is 0.0875. The molecule has 0 spiro atoms. The van der Waals surface area contributed by atoms with Gasteiger partial charge in [0.1, 0.15) is 11.6 Å². The summed E-state index contributed by atoms with van der Waals surface area (Å²) < 4.78 is 32.9. The van der Waals surface area contributed by atoms with Gasteiger partial charge in [-0.1, -0.05) is 25.1 Å². The lowest BCUT2D eigenvalue weighted by molar-refractivity contribution is -0.112. The molecule has 1 aromatic carbocycles. The van der Waals surface area contributed by atoms with Crippen molar-refractivity contribution in [1.82, 2.24) is 9.71 Å². The SMILES string of the molecule is COc1cccc(-c2ccc(C(=O)NS(=O)(=O)C3=NC=CCC3=O)c(N3C[C@@H](C)CC3(C)C)n2)c1. The minimum atomic E-state index is -4.44. The van der Waals surface area contributed by atoms with Crippen molar-refractivity contribution in [2.75, 3.05) is 18.6 Å². The molecule has 0 radical (unpaired) electrons. The molecule has 1 saturated heterocycles. The Bertz CT molecular complexity index is 1350. The van der Waals surface area contributed by atoms with Crippen LogP contribution in [0.3, 0.4) is 0 Å². The predicted octanol–water partition coefficient (Wildman–Crippen LogP) is 3.33. The Morgan fingerprint density at radius 2 is 2.00 bits per heavy atom. The number of ketones is 1. The number of carbonyl (C=O) groups excluding carboxylic acids is 2. The van der Waals surface area contributed by atoms with Crippen LogP contribution in [0.25, 0.3) is 11.3 Å². The first-order valence-electron chi connectivity index (χ1n) is 11.3. The fourth-order valence-corrected chi connectivity index (χ4v) is 5.65. The molecule has 2 aliphatic rings. The van der Waals surface area contributed by atoms with Gasteiger partial charge in [-0.25, -0.2) is 14.7 Å². The molecule has 2 aromatic rings. The van der Waals surface area contributed by atoms with Crippen LogP contribution in [0.2, 0.25) is 0 Å². The summed E-state index contributed by atoms with van der Waals surface area (Å²) >= 11 is 0. The van der Waals surface area contributed by atoms with Crippen LogP contribution in [0.1, 0.15) is 44.0 Å². The Hall–Kier alpha value is -3.53. The van der Waals surface area contributed by atoms with Gasteiger partial charge in [-0.05, 0) is 50.5 Å². The average Bonchev–Trinajstić information content (AvgIpc) is 3.10. The zero-order valence-corrected chi connectivity index (χ0v) is 20.9. The molecule has 0 saturated carbocycles. The number of sulfonamides is 1. The Balaban J connectivity index is 1.77. The van der Waals surface area contributed by atoms with E-state index in [9.17, 15) is 18.0 Å². The van der Waals surface area contributed by atoms with Crippen LogP contribution in [0, 0.1) is 5.92 Å². The second kappa shape index (κ2) is 9.26. The molecule has 35 heavy (non-hydrogen) atoms. The normalized spacial score (nSPS) is 19.4. The van der Waals surface area contributed by atoms with Crippen LogP contribution in [-0.4, -0.2) is 49.3 Å². The third kappa shape index (κ3) is 4.97. The third-order valence-electron chi connectivity index (χ3n) is 6.13. The van der Waals surface area contributed by atoms with Crippen molar-refractivity contribution in [3.63, 3.8) is 0 Å². The molecule has 1 N–H and O–H groups in total. The molecule has 1 amide bonds. The lowest BCUT2D eigenvalue weighted by Gasteiger charge is -2.34. The summed E-state index contributed by atoms with van der Waals surface area (Å²) in [6.07, 6.45) is 3.49. The zero-order chi connectivity index (χ0) is 25.4. The molecule has 2 aliphatic heterocycles. The van der Waals surface area contributed by atoms with E-state index >= 15 is 0 Å². The maximum Gasteiger partial charge on any atom is 0.285 e. The lowest BCUT2D eigenvalue weighted by Crippen LogP contribution is -2.42. The Labute approximate surface area is 205 Å². The van der Waals surface area contributed by atoms with Gasteiger partial charge >= 0.3 is 0 Å². The van der Waals surface area contributed by atoms with Crippen molar-refractivity contribution in [3.05, 3.63) is 54.2 Å². The van der Waals surface area contributed by atoms with Gasteiger partial charge < -0.3 is 9.64 Å². The van der Waals surface area contributed by atoms with E-state index in [1.807, 2.05) is 33.9 Å². The molecule has 0 aliphatic carbocycles. The summed E-state index contributed by atoms with van der Waals surface area (Å²) in [7, 11) is -2.86. The number of nitrogens with one attached hydrogen (secondary N) is 1. The van der Waals surface area contributed by atoms with Gasteiger partial charge in [0.2, 0.25) is 5.04 Å². The monoisotopic (exact) mass is 496 g/mol. The smallest absolute Gasteiger partial charge is 0.285 e. The highest BCUT2D eigenvalue weighted by molar-refractivity contribution is 8.07. The number of rotatable bonds is 4. The zero-order valence-electron chi connectivity index (χ0n) is 20.1. The number of carbonyl (C=O) groups is 2. The number of aromatic nitrogens is 1. The number of pyridine rings is 1. The van der Waals surface area contributed by atoms with Crippen molar-refractivity contribution < 1.29 is 22.7 Å². The molecule has 10 heteroatoms. The van der Waals surface area contributed by atoms with Crippen LogP contribution in [-0.2, 0) is 14.8 Å². The first kappa shape index (κ1) is 24.6. The van der Waals surface area contributed by atoms with Gasteiger partial charge in [0.15, 0.2) is 5.78 Å². The van der Waals surface area contributed by atoms with E-state index in [1.165, 1.54) is 12.3 Å². The van der Waals surface area contributed by atoms with Gasteiger partial charge in [0, 0.05) is 30.3 Å². The average molecular weight is 497 g/mol. The second-order valence-corrected chi connectivity index (χ2v) is 11.0. The molecular formula is C25H28N4O5S. The highest BCUT2D eigenvalue weighted by atomic mass is 32.2. The number of amides is 1. The standard InChI is InChI=1S/C25H28N4O5S/c1-16-14-25(2,3)29(15-16)22-19(10-11-20(27-22)17-7-5-8-18(13-17)34-4)23(31)28-35(32,33)24-21(30)9-6-12-26-24/h5-8,10-13,16H,9,14-15H2,1-4H3,(H,28,31)/t16-/m0/s1. The fourth-order valence-electron chi connectivity index (χ4n) is 4.62. The van der Waals surface area contributed by atoms with Gasteiger partial charge in [0.25, 0.3) is 15.9 Å². The molecule has 184 valence electrons. The van der Waals surface area contributed by atoms with Crippen LogP contribution in [0.15, 0.2) is 53.7 Å². The van der Waals surface area contributed by atoms with Crippen molar-refractivity contribution in [1.29, 1.82) is 0 Å². The maximum absolute atomic E-state index is 13.3. The lowest BCUT2D eigenvalue weighted by atomic mass is 9.97. The van der Waals surface area contributed by atoms with E-state index in [0.717, 1.165) is 12.0 Å². The topological polar surface area (TPSA) is 118 Å². The molecule has 1 atom stereocenters. The van der Waals surface area contributed by atoms with E-state index in [4.69, 9.17) is 9.72 Å². The van der Waals surface area contributed by atoms with Crippen LogP contribution in [0.5, 0.6) is 5.75 Å². The van der Waals surface area contributed by atoms with E-state index in [-0.39, 0.29) is 17.5 Å². The number of hydrogen-bond acceptors (Lipinski definition) is 8. The third-order valence-corrected chi connectivity index (χ3v) is 7.43. The molecule has 9 nitrogen and oxygen atoms in total. The van der Waals surface area contributed by atoms with E-state index in [2.05, 4.69) is 25.8 Å². The highest BCUT2D eigenvalue weighted by Crippen LogP contribution is 2.38. The van der Waals surface area contributed by atoms with E-state index in [0.29, 0.717) is 29.7 Å². The van der Waals surface area contributed by atoms with E-state index < -0.39 is 26.8 Å². The molecule has 1 fully saturated rings. The molecule has 0 bridgehead atoms. The number of methoxy groups -OCH3 is 1. The Kier molecular flexibility index (Phi) is 6.50. The summed E-state index contributed by atoms with van der Waals surface area (Å²) in [5, 5.41) is -0.675. The van der Waals surface area contributed by atoms with Crippen molar-refractivity contribution in [3.8, 4) is 17.0 Å². The summed E-state index contributed by atoms with van der Waals surface area (Å²) in [4.78, 5) is 35.9. The molecule has 0 unspecified atom stereocenters. The number of benzene rings is 1. The minimum Gasteiger partial charge on any atom is -0.497 e. The molecule has 3 heterocycles. The maximum atomic E-state index is 13.3. The summed E-state index contributed by atoms with van der Waals surface area (Å²) in [6.45, 7) is 6.91. The van der Waals surface area contributed by atoms with Crippen molar-refractivity contribution >= 4 is 32.6 Å². The highest BCUT2D eigenvalue weighted by Gasteiger charge is 2.39. The predicted molar refractivity (Wildman–Crippen MR) is 134 cm³/mol. The largest absolute Gasteiger partial charge is 0.497 e. The quantitative estimate of drug-likeness (QED) is 0.690. The molecule has 1 aromatic heterocycles. The summed E-state index contributed by atoms with van der Waals surface area (Å²) in [5.74, 6) is -0.142. The van der Waals surface area contributed by atoms with Gasteiger partial charge in [-0.3, -0.25) is 9.59 Å². The number of Topliss-reactive ketones (excluding diaryl/α,β-unsaturated/α-hetero) is 1. The fraction of sp³-hybridized carbons (Fsp3) is 0.360. The first-order valence-corrected chi connectivity index (χ1v) is 12.8. The number of aliphatic imine (C=N–C) groups is 1. The van der Waals surface area contributed by atoms with Crippen molar-refractivity contribution in [2.45, 2.75) is 39.2 Å². The molecule has 4 rings (SSSR count).